The predicted octanol–water partition coefficient (Wildman–Crippen LogP) is 4.56. The van der Waals surface area contributed by atoms with Crippen LogP contribution in [0.5, 0.6) is 11.5 Å². The Labute approximate surface area is 172 Å². The number of halogens is 1. The maximum absolute atomic E-state index is 11.8. The largest absolute Gasteiger partial charge is 0.489 e. The minimum atomic E-state index is -0.338. The van der Waals surface area contributed by atoms with Crippen LogP contribution in [0.25, 0.3) is 0 Å². The van der Waals surface area contributed by atoms with E-state index in [2.05, 4.69) is 26.5 Å². The molecule has 0 aliphatic carbocycles. The Bertz CT molecular complexity index is 928. The van der Waals surface area contributed by atoms with Gasteiger partial charge in [0.15, 0.2) is 6.61 Å². The molecule has 0 aromatic heterocycles. The highest BCUT2D eigenvalue weighted by atomic mass is 79.9. The molecule has 0 saturated heterocycles. The highest BCUT2D eigenvalue weighted by Gasteiger charge is 2.04. The van der Waals surface area contributed by atoms with Crippen molar-refractivity contribution in [3.8, 4) is 11.5 Å². The van der Waals surface area contributed by atoms with E-state index in [1.165, 1.54) is 0 Å². The van der Waals surface area contributed by atoms with Gasteiger partial charge in [-0.05, 0) is 63.5 Å². The van der Waals surface area contributed by atoms with E-state index in [4.69, 9.17) is 9.47 Å². The lowest BCUT2D eigenvalue weighted by atomic mass is 10.2. The normalized spacial score (nSPS) is 10.6. The Morgan fingerprint density at radius 1 is 0.929 bits per heavy atom. The highest BCUT2D eigenvalue weighted by molar-refractivity contribution is 9.10. The first-order valence-electron chi connectivity index (χ1n) is 8.67. The summed E-state index contributed by atoms with van der Waals surface area (Å²) < 4.78 is 12.0. The number of carbonyl (C=O) groups excluding carboxylic acids is 1. The van der Waals surface area contributed by atoms with Crippen LogP contribution < -0.4 is 14.9 Å². The molecule has 3 rings (SSSR count). The molecule has 5 nitrogen and oxygen atoms in total. The predicted molar refractivity (Wildman–Crippen MR) is 113 cm³/mol. The van der Waals surface area contributed by atoms with E-state index >= 15 is 0 Å². The first kappa shape index (κ1) is 19.6. The zero-order chi connectivity index (χ0) is 19.6. The molecule has 0 radical (unpaired) electrons. The van der Waals surface area contributed by atoms with Gasteiger partial charge < -0.3 is 9.47 Å². The minimum Gasteiger partial charge on any atom is -0.489 e. The zero-order valence-corrected chi connectivity index (χ0v) is 16.6. The fourth-order valence-electron chi connectivity index (χ4n) is 2.31. The summed E-state index contributed by atoms with van der Waals surface area (Å²) in [6, 6.07) is 24.8. The summed E-state index contributed by atoms with van der Waals surface area (Å²) in [5, 5.41) is 3.94. The van der Waals surface area contributed by atoms with Crippen molar-refractivity contribution in [2.24, 2.45) is 5.10 Å². The number of amides is 1. The fourth-order valence-corrected chi connectivity index (χ4v) is 2.71. The summed E-state index contributed by atoms with van der Waals surface area (Å²) in [6.45, 7) is 0.397. The monoisotopic (exact) mass is 438 g/mol. The SMILES string of the molecule is O=C(COc1ccccc1Br)N/N=C/c1ccc(OCc2ccccc2)cc1. The minimum absolute atomic E-state index is 0.119. The van der Waals surface area contributed by atoms with Gasteiger partial charge in [0.25, 0.3) is 5.91 Å². The third-order valence-electron chi connectivity index (χ3n) is 3.73. The average molecular weight is 439 g/mol. The van der Waals surface area contributed by atoms with Crippen molar-refractivity contribution in [3.63, 3.8) is 0 Å². The molecular weight excluding hydrogens is 420 g/mol. The van der Waals surface area contributed by atoms with E-state index in [1.807, 2.05) is 72.8 Å². The van der Waals surface area contributed by atoms with Crippen LogP contribution in [-0.4, -0.2) is 18.7 Å². The summed E-state index contributed by atoms with van der Waals surface area (Å²) in [5.41, 5.74) is 4.40. The number of carbonyl (C=O) groups is 1. The van der Waals surface area contributed by atoms with Crippen LogP contribution in [-0.2, 0) is 11.4 Å². The van der Waals surface area contributed by atoms with E-state index in [1.54, 1.807) is 12.3 Å². The van der Waals surface area contributed by atoms with Gasteiger partial charge in [-0.25, -0.2) is 5.43 Å². The maximum atomic E-state index is 11.8. The molecule has 3 aromatic carbocycles. The van der Waals surface area contributed by atoms with Crippen molar-refractivity contribution in [1.82, 2.24) is 5.43 Å². The standard InChI is InChI=1S/C22H19BrN2O3/c23-20-8-4-5-9-21(20)28-16-22(26)25-24-14-17-10-12-19(13-11-17)27-15-18-6-2-1-3-7-18/h1-14H,15-16H2,(H,25,26)/b24-14+. The van der Waals surface area contributed by atoms with E-state index < -0.39 is 0 Å². The Balaban J connectivity index is 1.42. The first-order chi connectivity index (χ1) is 13.7. The first-order valence-corrected chi connectivity index (χ1v) is 9.46. The second kappa shape index (κ2) is 10.3. The summed E-state index contributed by atoms with van der Waals surface area (Å²) in [5.74, 6) is 1.04. The molecule has 1 amide bonds. The van der Waals surface area contributed by atoms with Gasteiger partial charge in [0.1, 0.15) is 18.1 Å². The Morgan fingerprint density at radius 2 is 1.64 bits per heavy atom. The van der Waals surface area contributed by atoms with Crippen molar-refractivity contribution in [1.29, 1.82) is 0 Å². The molecule has 0 bridgehead atoms. The van der Waals surface area contributed by atoms with Gasteiger partial charge in [-0.15, -0.1) is 0 Å². The number of para-hydroxylation sites is 1. The molecule has 0 spiro atoms. The van der Waals surface area contributed by atoms with Crippen LogP contribution in [0.2, 0.25) is 0 Å². The Morgan fingerprint density at radius 3 is 2.39 bits per heavy atom. The van der Waals surface area contributed by atoms with Gasteiger partial charge in [0.05, 0.1) is 10.7 Å². The van der Waals surface area contributed by atoms with Crippen LogP contribution in [0.3, 0.4) is 0 Å². The van der Waals surface area contributed by atoms with Crippen molar-refractivity contribution < 1.29 is 14.3 Å². The fraction of sp³-hybridized carbons (Fsp3) is 0.0909. The van der Waals surface area contributed by atoms with Crippen LogP contribution in [0, 0.1) is 0 Å². The summed E-state index contributed by atoms with van der Waals surface area (Å²) in [6.07, 6.45) is 1.57. The number of rotatable bonds is 8. The summed E-state index contributed by atoms with van der Waals surface area (Å²) >= 11 is 3.36. The van der Waals surface area contributed by atoms with Gasteiger partial charge in [-0.2, -0.15) is 5.10 Å². The number of benzene rings is 3. The van der Waals surface area contributed by atoms with Gasteiger partial charge >= 0.3 is 0 Å². The number of nitrogens with zero attached hydrogens (tertiary/aromatic N) is 1. The number of ether oxygens (including phenoxy) is 2. The van der Waals surface area contributed by atoms with Crippen molar-refractivity contribution >= 4 is 28.1 Å². The maximum Gasteiger partial charge on any atom is 0.277 e. The number of nitrogens with one attached hydrogen (secondary N) is 1. The molecular formula is C22H19BrN2O3. The summed E-state index contributed by atoms with van der Waals surface area (Å²) in [4.78, 5) is 11.8. The number of hydrogen-bond acceptors (Lipinski definition) is 4. The average Bonchev–Trinajstić information content (AvgIpc) is 2.73. The highest BCUT2D eigenvalue weighted by Crippen LogP contribution is 2.23. The second-order valence-electron chi connectivity index (χ2n) is 5.86. The van der Waals surface area contributed by atoms with E-state index in [0.717, 1.165) is 21.3 Å². The number of hydrogen-bond donors (Lipinski definition) is 1. The molecule has 3 aromatic rings. The molecule has 0 aliphatic heterocycles. The third-order valence-corrected chi connectivity index (χ3v) is 4.38. The molecule has 0 aliphatic rings. The topological polar surface area (TPSA) is 59.9 Å². The molecule has 28 heavy (non-hydrogen) atoms. The van der Waals surface area contributed by atoms with Crippen molar-refractivity contribution in [2.45, 2.75) is 6.61 Å². The second-order valence-corrected chi connectivity index (χ2v) is 6.71. The smallest absolute Gasteiger partial charge is 0.277 e. The van der Waals surface area contributed by atoms with Crippen molar-refractivity contribution in [3.05, 3.63) is 94.5 Å². The molecule has 142 valence electrons. The lowest BCUT2D eigenvalue weighted by Gasteiger charge is -2.07. The molecule has 0 saturated carbocycles. The van der Waals surface area contributed by atoms with Gasteiger partial charge in [0.2, 0.25) is 0 Å². The lowest BCUT2D eigenvalue weighted by Crippen LogP contribution is -2.24. The summed E-state index contributed by atoms with van der Waals surface area (Å²) in [7, 11) is 0. The Kier molecular flexibility index (Phi) is 7.21. The molecule has 0 unspecified atom stereocenters. The van der Waals surface area contributed by atoms with Crippen LogP contribution in [0.1, 0.15) is 11.1 Å². The molecule has 0 fully saturated rings. The molecule has 6 heteroatoms. The van der Waals surface area contributed by atoms with Crippen molar-refractivity contribution in [2.75, 3.05) is 6.61 Å². The van der Waals surface area contributed by atoms with Crippen LogP contribution in [0.15, 0.2) is 88.4 Å². The van der Waals surface area contributed by atoms with Crippen LogP contribution >= 0.6 is 15.9 Å². The quantitative estimate of drug-likeness (QED) is 0.414. The van der Waals surface area contributed by atoms with E-state index in [0.29, 0.717) is 12.4 Å². The zero-order valence-electron chi connectivity index (χ0n) is 15.0. The Hall–Kier alpha value is -3.12. The van der Waals surface area contributed by atoms with E-state index in [9.17, 15) is 4.79 Å². The molecule has 0 heterocycles. The van der Waals surface area contributed by atoms with Gasteiger partial charge in [0, 0.05) is 0 Å². The van der Waals surface area contributed by atoms with Gasteiger partial charge in [-0.1, -0.05) is 42.5 Å². The van der Waals surface area contributed by atoms with Gasteiger partial charge in [-0.3, -0.25) is 4.79 Å². The third kappa shape index (κ3) is 6.25. The lowest BCUT2D eigenvalue weighted by molar-refractivity contribution is -0.123. The van der Waals surface area contributed by atoms with E-state index in [-0.39, 0.29) is 12.5 Å². The van der Waals surface area contributed by atoms with Crippen LogP contribution in [0.4, 0.5) is 0 Å². The molecule has 1 N–H and O–H groups in total. The number of hydrazone groups is 1. The molecule has 0 atom stereocenters.